The van der Waals surface area contributed by atoms with E-state index >= 15 is 0 Å². The van der Waals surface area contributed by atoms with Gasteiger partial charge in [0.15, 0.2) is 5.78 Å². The quantitative estimate of drug-likeness (QED) is 0.156. The molecule has 210 valence electrons. The van der Waals surface area contributed by atoms with Gasteiger partial charge in [-0.05, 0) is 121 Å². The van der Waals surface area contributed by atoms with Gasteiger partial charge in [0.05, 0.1) is 22.2 Å². The fraction of sp³-hybridized carbons (Fsp3) is 0.222. The van der Waals surface area contributed by atoms with Crippen LogP contribution in [0.25, 0.3) is 11.1 Å². The van der Waals surface area contributed by atoms with Gasteiger partial charge in [0, 0.05) is 30.1 Å². The van der Waals surface area contributed by atoms with Crippen LogP contribution in [0.15, 0.2) is 90.1 Å². The van der Waals surface area contributed by atoms with E-state index < -0.39 is 4.92 Å². The highest BCUT2D eigenvalue weighted by Crippen LogP contribution is 2.46. The Balaban J connectivity index is 0.000000240. The minimum absolute atomic E-state index is 0.00906. The Labute approximate surface area is 246 Å². The Morgan fingerprint density at radius 1 is 0.905 bits per heavy atom. The van der Waals surface area contributed by atoms with Crippen molar-refractivity contribution in [3.05, 3.63) is 134 Å². The van der Waals surface area contributed by atoms with Crippen LogP contribution >= 0.6 is 0 Å². The van der Waals surface area contributed by atoms with E-state index in [1.807, 2.05) is 36.5 Å². The van der Waals surface area contributed by atoms with Gasteiger partial charge in [0.2, 0.25) is 0 Å². The zero-order valence-electron chi connectivity index (χ0n) is 23.9. The number of Topliss-reactive ketones (excluding diaryl/α,β-unsaturated/α-hetero) is 1. The molecule has 42 heavy (non-hydrogen) atoms. The van der Waals surface area contributed by atoms with Crippen LogP contribution in [0, 0.1) is 24.0 Å². The Morgan fingerprint density at radius 3 is 2.48 bits per heavy atom. The fourth-order valence-corrected chi connectivity index (χ4v) is 6.37. The highest BCUT2D eigenvalue weighted by molar-refractivity contribution is 6.03. The van der Waals surface area contributed by atoms with E-state index in [9.17, 15) is 14.9 Å². The zero-order valence-corrected chi connectivity index (χ0v) is 23.9. The second-order valence-corrected chi connectivity index (χ2v) is 11.1. The summed E-state index contributed by atoms with van der Waals surface area (Å²) >= 11 is 0. The summed E-state index contributed by atoms with van der Waals surface area (Å²) in [6.07, 6.45) is 10.6. The number of hydrogen-bond donors (Lipinski definition) is 1. The molecule has 1 heterocycles. The number of nitro groups is 1. The van der Waals surface area contributed by atoms with E-state index in [2.05, 4.69) is 48.4 Å². The van der Waals surface area contributed by atoms with Crippen LogP contribution in [-0.2, 0) is 19.3 Å². The molecule has 0 radical (unpaired) electrons. The second kappa shape index (κ2) is 11.6. The lowest BCUT2D eigenvalue weighted by Crippen LogP contribution is -2.24. The number of para-hydroxylation sites is 2. The maximum absolute atomic E-state index is 13.8. The number of nitro benzene ring substituents is 1. The van der Waals surface area contributed by atoms with Crippen molar-refractivity contribution in [1.82, 2.24) is 0 Å². The molecule has 1 atom stereocenters. The van der Waals surface area contributed by atoms with Crippen molar-refractivity contribution < 1.29 is 9.72 Å². The van der Waals surface area contributed by atoms with Gasteiger partial charge in [-0.1, -0.05) is 36.4 Å². The van der Waals surface area contributed by atoms with E-state index in [0.717, 1.165) is 30.6 Å². The molecule has 4 aromatic carbocycles. The van der Waals surface area contributed by atoms with E-state index in [1.165, 1.54) is 63.1 Å². The van der Waals surface area contributed by atoms with Crippen LogP contribution in [0.2, 0.25) is 0 Å². The SMILES string of the molecule is C1=CNc2ccccc2N=C1.Cc1ccc2c(c1C)CC(C(=O)c1ccc([N+](=O)[O-])cc1)c1c-2ccc2c1CCCC2. The average Bonchev–Trinajstić information content (AvgIpc) is 3.28. The summed E-state index contributed by atoms with van der Waals surface area (Å²) in [4.78, 5) is 28.6. The molecule has 0 fully saturated rings. The molecule has 4 aromatic rings. The minimum Gasteiger partial charge on any atom is -0.360 e. The van der Waals surface area contributed by atoms with Crippen molar-refractivity contribution in [3.63, 3.8) is 0 Å². The van der Waals surface area contributed by atoms with E-state index in [1.54, 1.807) is 18.3 Å². The van der Waals surface area contributed by atoms with E-state index in [4.69, 9.17) is 0 Å². The summed E-state index contributed by atoms with van der Waals surface area (Å²) in [6.45, 7) is 4.26. The highest BCUT2D eigenvalue weighted by atomic mass is 16.6. The molecule has 0 saturated heterocycles. The second-order valence-electron chi connectivity index (χ2n) is 11.1. The first-order valence-corrected chi connectivity index (χ1v) is 14.5. The number of non-ortho nitro benzene ring substituents is 1. The van der Waals surface area contributed by atoms with Crippen molar-refractivity contribution in [3.8, 4) is 11.1 Å². The number of hydrogen-bond acceptors (Lipinski definition) is 5. The van der Waals surface area contributed by atoms with Gasteiger partial charge in [-0.2, -0.15) is 0 Å². The van der Waals surface area contributed by atoms with Gasteiger partial charge >= 0.3 is 0 Å². The molecular formula is C36H33N3O3. The number of carbonyl (C=O) groups is 1. The minimum atomic E-state index is -0.428. The zero-order chi connectivity index (χ0) is 29.2. The first kappa shape index (κ1) is 27.3. The lowest BCUT2D eigenvalue weighted by molar-refractivity contribution is -0.384. The third-order valence-electron chi connectivity index (χ3n) is 8.71. The lowest BCUT2D eigenvalue weighted by Gasteiger charge is -2.33. The van der Waals surface area contributed by atoms with Crippen LogP contribution in [0.5, 0.6) is 0 Å². The lowest BCUT2D eigenvalue weighted by atomic mass is 9.70. The monoisotopic (exact) mass is 555 g/mol. The molecule has 6 nitrogen and oxygen atoms in total. The van der Waals surface area contributed by atoms with Gasteiger partial charge in [-0.15, -0.1) is 0 Å². The van der Waals surface area contributed by atoms with E-state index in [-0.39, 0.29) is 17.4 Å². The number of ketones is 1. The number of aliphatic imine (C=N–C) groups is 1. The smallest absolute Gasteiger partial charge is 0.269 e. The Hall–Kier alpha value is -4.84. The first-order valence-electron chi connectivity index (χ1n) is 14.5. The molecule has 3 aliphatic rings. The van der Waals surface area contributed by atoms with Gasteiger partial charge in [-0.25, -0.2) is 0 Å². The number of benzene rings is 4. The molecule has 0 amide bonds. The van der Waals surface area contributed by atoms with Crippen LogP contribution in [-0.4, -0.2) is 16.9 Å². The molecule has 1 N–H and O–H groups in total. The number of carbonyl (C=O) groups excluding carboxylic acids is 1. The summed E-state index contributed by atoms with van der Waals surface area (Å²) in [5.41, 5.74) is 12.7. The van der Waals surface area contributed by atoms with Gasteiger partial charge < -0.3 is 5.32 Å². The third kappa shape index (κ3) is 5.16. The summed E-state index contributed by atoms with van der Waals surface area (Å²) in [5.74, 6) is -0.195. The maximum Gasteiger partial charge on any atom is 0.269 e. The number of rotatable bonds is 3. The topological polar surface area (TPSA) is 84.6 Å². The van der Waals surface area contributed by atoms with Crippen LogP contribution in [0.1, 0.15) is 62.5 Å². The number of fused-ring (bicyclic) bond motifs is 6. The number of anilines is 1. The fourth-order valence-electron chi connectivity index (χ4n) is 6.37. The van der Waals surface area contributed by atoms with Crippen molar-refractivity contribution in [1.29, 1.82) is 0 Å². The number of nitrogens with zero attached hydrogens (tertiary/aromatic N) is 2. The third-order valence-corrected chi connectivity index (χ3v) is 8.71. The van der Waals surface area contributed by atoms with Crippen LogP contribution in [0.3, 0.4) is 0 Å². The predicted molar refractivity (Wildman–Crippen MR) is 169 cm³/mol. The molecule has 7 rings (SSSR count). The summed E-state index contributed by atoms with van der Waals surface area (Å²) in [5, 5.41) is 14.2. The first-order chi connectivity index (χ1) is 20.4. The maximum atomic E-state index is 13.8. The predicted octanol–water partition coefficient (Wildman–Crippen LogP) is 8.61. The van der Waals surface area contributed by atoms with Crippen molar-refractivity contribution in [2.75, 3.05) is 5.32 Å². The number of allylic oxidation sites excluding steroid dienone is 1. The Bertz CT molecular complexity index is 1750. The molecule has 1 aliphatic heterocycles. The molecular weight excluding hydrogens is 522 g/mol. The molecule has 0 spiro atoms. The van der Waals surface area contributed by atoms with Crippen LogP contribution in [0.4, 0.5) is 17.1 Å². The number of nitrogens with one attached hydrogen (secondary N) is 1. The standard InChI is InChI=1S/C27H25NO3.C9H8N2/c1-16-7-13-22-23-14-10-18-5-3-4-6-21(18)26(23)25(15-24(22)17(16)2)27(29)19-8-11-20(12-9-19)28(30)31;1-2-5-9-8(4-1)10-6-3-7-11-9/h7-14,25H,3-6,15H2,1-2H3;1-7,10H. The van der Waals surface area contributed by atoms with Crippen molar-refractivity contribution in [2.45, 2.75) is 51.9 Å². The summed E-state index contributed by atoms with van der Waals surface area (Å²) in [7, 11) is 0. The Kier molecular flexibility index (Phi) is 7.53. The summed E-state index contributed by atoms with van der Waals surface area (Å²) < 4.78 is 0. The van der Waals surface area contributed by atoms with Gasteiger partial charge in [-0.3, -0.25) is 19.9 Å². The normalized spacial score (nSPS) is 15.9. The highest BCUT2D eigenvalue weighted by Gasteiger charge is 2.34. The molecule has 0 saturated carbocycles. The molecule has 6 heteroatoms. The largest absolute Gasteiger partial charge is 0.360 e. The average molecular weight is 556 g/mol. The van der Waals surface area contributed by atoms with Gasteiger partial charge in [0.1, 0.15) is 0 Å². The van der Waals surface area contributed by atoms with Gasteiger partial charge in [0.25, 0.3) is 5.69 Å². The molecule has 0 bridgehead atoms. The van der Waals surface area contributed by atoms with Crippen molar-refractivity contribution >= 4 is 29.1 Å². The van der Waals surface area contributed by atoms with Crippen molar-refractivity contribution in [2.24, 2.45) is 4.99 Å². The summed E-state index contributed by atoms with van der Waals surface area (Å²) in [6, 6.07) is 22.9. The van der Waals surface area contributed by atoms with Crippen LogP contribution < -0.4 is 5.32 Å². The van der Waals surface area contributed by atoms with E-state index in [0.29, 0.717) is 12.0 Å². The molecule has 0 aromatic heterocycles. The molecule has 1 unspecified atom stereocenters. The Morgan fingerprint density at radius 2 is 1.67 bits per heavy atom. The molecule has 2 aliphatic carbocycles. The number of aryl methyl sites for hydroxylation is 2.